The predicted molar refractivity (Wildman–Crippen MR) is 85.6 cm³/mol. The Hall–Kier alpha value is -1.43. The van der Waals surface area contributed by atoms with Gasteiger partial charge in [0.25, 0.3) is 0 Å². The Kier molecular flexibility index (Phi) is 4.47. The number of piperazine rings is 1. The Morgan fingerprint density at radius 3 is 2.55 bits per heavy atom. The van der Waals surface area contributed by atoms with Gasteiger partial charge in [-0.05, 0) is 25.3 Å². The molecule has 1 aromatic rings. The fraction of sp³-hybridized carbons (Fsp3) is 0.588. The Labute approximate surface area is 131 Å². The largest absolute Gasteiger partial charge is 0.387 e. The molecule has 5 heteroatoms. The number of rotatable bonds is 3. The van der Waals surface area contributed by atoms with Crippen molar-refractivity contribution in [2.24, 2.45) is 0 Å². The number of piperidine rings is 1. The van der Waals surface area contributed by atoms with E-state index >= 15 is 0 Å². The molecule has 0 aliphatic carbocycles. The first kappa shape index (κ1) is 15.5. The Morgan fingerprint density at radius 1 is 1.23 bits per heavy atom. The first-order chi connectivity index (χ1) is 10.6. The molecular formula is C17H25N3O2. The standard InChI is InChI=1S/C17H25N3O2/c1-13-2-4-14(5-3-13)15(21)12-20-10-6-17(7-11-20)16(22)18-8-9-19-17/h2-5,15,19,21H,6-12H2,1H3,(H,18,22). The fourth-order valence-electron chi connectivity index (χ4n) is 3.39. The average Bonchev–Trinajstić information content (AvgIpc) is 2.53. The van der Waals surface area contributed by atoms with Gasteiger partial charge in [0.2, 0.25) is 5.91 Å². The monoisotopic (exact) mass is 303 g/mol. The number of aliphatic hydroxyl groups is 1. The van der Waals surface area contributed by atoms with Crippen molar-refractivity contribution in [2.75, 3.05) is 32.7 Å². The van der Waals surface area contributed by atoms with Gasteiger partial charge in [-0.3, -0.25) is 4.79 Å². The summed E-state index contributed by atoms with van der Waals surface area (Å²) in [7, 11) is 0. The van der Waals surface area contributed by atoms with Crippen LogP contribution in [0.1, 0.15) is 30.1 Å². The van der Waals surface area contributed by atoms with Gasteiger partial charge >= 0.3 is 0 Å². The number of carbonyl (C=O) groups is 1. The van der Waals surface area contributed by atoms with E-state index in [2.05, 4.69) is 15.5 Å². The van der Waals surface area contributed by atoms with Gasteiger partial charge in [-0.2, -0.15) is 0 Å². The second kappa shape index (κ2) is 6.36. The van der Waals surface area contributed by atoms with Crippen LogP contribution in [0.3, 0.4) is 0 Å². The van der Waals surface area contributed by atoms with Crippen molar-refractivity contribution in [2.45, 2.75) is 31.4 Å². The number of likely N-dealkylation sites (tertiary alicyclic amines) is 1. The quantitative estimate of drug-likeness (QED) is 0.764. The van der Waals surface area contributed by atoms with E-state index in [1.165, 1.54) is 5.56 Å². The van der Waals surface area contributed by atoms with Gasteiger partial charge in [0.05, 0.1) is 6.10 Å². The molecule has 1 amide bonds. The summed E-state index contributed by atoms with van der Waals surface area (Å²) in [5.41, 5.74) is 1.77. The van der Waals surface area contributed by atoms with Gasteiger partial charge in [-0.1, -0.05) is 29.8 Å². The summed E-state index contributed by atoms with van der Waals surface area (Å²) in [5, 5.41) is 16.7. The topological polar surface area (TPSA) is 64.6 Å². The molecular weight excluding hydrogens is 278 g/mol. The molecule has 1 unspecified atom stereocenters. The van der Waals surface area contributed by atoms with E-state index in [-0.39, 0.29) is 11.4 Å². The molecule has 1 aromatic carbocycles. The van der Waals surface area contributed by atoms with Crippen LogP contribution in [0, 0.1) is 6.92 Å². The fourth-order valence-corrected chi connectivity index (χ4v) is 3.39. The molecule has 22 heavy (non-hydrogen) atoms. The third kappa shape index (κ3) is 3.16. The van der Waals surface area contributed by atoms with Crippen LogP contribution in [0.25, 0.3) is 0 Å². The third-order valence-corrected chi connectivity index (χ3v) is 4.91. The van der Waals surface area contributed by atoms with Crippen LogP contribution in [0.4, 0.5) is 0 Å². The zero-order valence-electron chi connectivity index (χ0n) is 13.1. The number of aliphatic hydroxyl groups excluding tert-OH is 1. The van der Waals surface area contributed by atoms with E-state index in [4.69, 9.17) is 0 Å². The minimum Gasteiger partial charge on any atom is -0.387 e. The maximum Gasteiger partial charge on any atom is 0.240 e. The minimum absolute atomic E-state index is 0.137. The van der Waals surface area contributed by atoms with Crippen LogP contribution in [-0.4, -0.2) is 54.2 Å². The van der Waals surface area contributed by atoms with Crippen LogP contribution in [0.5, 0.6) is 0 Å². The Balaban J connectivity index is 1.55. The van der Waals surface area contributed by atoms with Gasteiger partial charge in [-0.15, -0.1) is 0 Å². The van der Waals surface area contributed by atoms with E-state index in [9.17, 15) is 9.90 Å². The summed E-state index contributed by atoms with van der Waals surface area (Å²) < 4.78 is 0. The molecule has 0 aromatic heterocycles. The van der Waals surface area contributed by atoms with Gasteiger partial charge < -0.3 is 20.6 Å². The first-order valence-corrected chi connectivity index (χ1v) is 8.09. The van der Waals surface area contributed by atoms with Crippen LogP contribution in [0.15, 0.2) is 24.3 Å². The second-order valence-electron chi connectivity index (χ2n) is 6.49. The van der Waals surface area contributed by atoms with Crippen LogP contribution in [0.2, 0.25) is 0 Å². The molecule has 1 spiro atoms. The highest BCUT2D eigenvalue weighted by molar-refractivity contribution is 5.87. The van der Waals surface area contributed by atoms with Crippen molar-refractivity contribution in [3.63, 3.8) is 0 Å². The second-order valence-corrected chi connectivity index (χ2v) is 6.49. The Morgan fingerprint density at radius 2 is 1.91 bits per heavy atom. The highest BCUT2D eigenvalue weighted by Gasteiger charge is 2.42. The summed E-state index contributed by atoms with van der Waals surface area (Å²) >= 11 is 0. The van der Waals surface area contributed by atoms with Gasteiger partial charge in [0.1, 0.15) is 5.54 Å². The number of hydrogen-bond acceptors (Lipinski definition) is 4. The van der Waals surface area contributed by atoms with Gasteiger partial charge in [0.15, 0.2) is 0 Å². The molecule has 0 saturated carbocycles. The van der Waals surface area contributed by atoms with E-state index in [1.54, 1.807) is 0 Å². The highest BCUT2D eigenvalue weighted by atomic mass is 16.3. The smallest absolute Gasteiger partial charge is 0.240 e. The summed E-state index contributed by atoms with van der Waals surface area (Å²) in [6.45, 7) is 5.91. The van der Waals surface area contributed by atoms with Crippen molar-refractivity contribution in [1.29, 1.82) is 0 Å². The maximum absolute atomic E-state index is 12.1. The SMILES string of the molecule is Cc1ccc(C(O)CN2CCC3(CC2)NCCNC3=O)cc1. The average molecular weight is 303 g/mol. The first-order valence-electron chi connectivity index (χ1n) is 8.09. The van der Waals surface area contributed by atoms with Crippen LogP contribution >= 0.6 is 0 Å². The molecule has 120 valence electrons. The molecule has 5 nitrogen and oxygen atoms in total. The van der Waals surface area contributed by atoms with Crippen molar-refractivity contribution < 1.29 is 9.90 Å². The van der Waals surface area contributed by atoms with E-state index in [0.717, 1.165) is 44.6 Å². The number of benzene rings is 1. The molecule has 2 fully saturated rings. The minimum atomic E-state index is -0.470. The zero-order chi connectivity index (χ0) is 15.6. The third-order valence-electron chi connectivity index (χ3n) is 4.91. The van der Waals surface area contributed by atoms with Crippen molar-refractivity contribution in [3.05, 3.63) is 35.4 Å². The number of carbonyl (C=O) groups excluding carboxylic acids is 1. The summed E-state index contributed by atoms with van der Waals surface area (Å²) in [6, 6.07) is 8.03. The number of nitrogens with zero attached hydrogens (tertiary/aromatic N) is 1. The lowest BCUT2D eigenvalue weighted by molar-refractivity contribution is -0.131. The van der Waals surface area contributed by atoms with Gasteiger partial charge in [0, 0.05) is 32.7 Å². The summed E-state index contributed by atoms with van der Waals surface area (Å²) in [5.74, 6) is 0.137. The molecule has 0 bridgehead atoms. The lowest BCUT2D eigenvalue weighted by Gasteiger charge is -2.43. The van der Waals surface area contributed by atoms with Crippen molar-refractivity contribution in [3.8, 4) is 0 Å². The summed E-state index contributed by atoms with van der Waals surface area (Å²) in [4.78, 5) is 14.4. The van der Waals surface area contributed by atoms with Gasteiger partial charge in [-0.25, -0.2) is 0 Å². The van der Waals surface area contributed by atoms with Crippen LogP contribution < -0.4 is 10.6 Å². The number of β-amino-alcohol motifs (C(OH)–C–C–N with tert-alkyl or cyclic N) is 1. The molecule has 2 heterocycles. The zero-order valence-corrected chi connectivity index (χ0v) is 13.1. The van der Waals surface area contributed by atoms with Crippen LogP contribution in [-0.2, 0) is 4.79 Å². The number of nitrogens with one attached hydrogen (secondary N) is 2. The normalized spacial score (nSPS) is 23.3. The van der Waals surface area contributed by atoms with E-state index in [0.29, 0.717) is 6.54 Å². The molecule has 0 radical (unpaired) electrons. The molecule has 3 rings (SSSR count). The lowest BCUT2D eigenvalue weighted by Crippen LogP contribution is -2.66. The molecule has 2 aliphatic heterocycles. The van der Waals surface area contributed by atoms with Crippen molar-refractivity contribution >= 4 is 5.91 Å². The molecule has 3 N–H and O–H groups in total. The highest BCUT2D eigenvalue weighted by Crippen LogP contribution is 2.25. The number of aryl methyl sites for hydroxylation is 1. The lowest BCUT2D eigenvalue weighted by atomic mass is 9.85. The predicted octanol–water partition coefficient (Wildman–Crippen LogP) is 0.582. The molecule has 1 atom stereocenters. The van der Waals surface area contributed by atoms with Crippen molar-refractivity contribution in [1.82, 2.24) is 15.5 Å². The number of hydrogen-bond donors (Lipinski definition) is 3. The molecule has 2 saturated heterocycles. The Bertz CT molecular complexity index is 521. The summed E-state index contributed by atoms with van der Waals surface area (Å²) in [6.07, 6.45) is 1.14. The van der Waals surface area contributed by atoms with E-state index in [1.807, 2.05) is 31.2 Å². The number of amides is 1. The maximum atomic E-state index is 12.1. The van der Waals surface area contributed by atoms with E-state index < -0.39 is 6.10 Å². The molecule has 2 aliphatic rings.